The quantitative estimate of drug-likeness (QED) is 0.788. The molecule has 1 amide bonds. The Morgan fingerprint density at radius 2 is 1.67 bits per heavy atom. The minimum atomic E-state index is -0.315. The molecule has 1 N–H and O–H groups in total. The van der Waals surface area contributed by atoms with Crippen LogP contribution in [0, 0.1) is 19.7 Å². The highest BCUT2D eigenvalue weighted by Crippen LogP contribution is 2.18. The molecule has 0 spiro atoms. The van der Waals surface area contributed by atoms with Gasteiger partial charge in [-0.3, -0.25) is 4.79 Å². The molecule has 4 nitrogen and oxygen atoms in total. The van der Waals surface area contributed by atoms with Gasteiger partial charge in [0.25, 0.3) is 5.91 Å². The van der Waals surface area contributed by atoms with E-state index in [1.54, 1.807) is 19.1 Å². The number of halogens is 1. The van der Waals surface area contributed by atoms with Crippen molar-refractivity contribution in [1.29, 1.82) is 0 Å². The molecule has 0 atom stereocenters. The molecule has 3 aromatic rings. The van der Waals surface area contributed by atoms with E-state index >= 15 is 0 Å². The van der Waals surface area contributed by atoms with E-state index in [-0.39, 0.29) is 11.7 Å². The summed E-state index contributed by atoms with van der Waals surface area (Å²) in [6, 6.07) is 13.5. The second-order valence-electron chi connectivity index (χ2n) is 5.52. The maximum Gasteiger partial charge on any atom is 0.259 e. The van der Waals surface area contributed by atoms with Crippen LogP contribution in [0.25, 0.3) is 11.4 Å². The third kappa shape index (κ3) is 3.46. The molecule has 0 bridgehead atoms. The smallest absolute Gasteiger partial charge is 0.259 e. The van der Waals surface area contributed by atoms with Crippen molar-refractivity contribution >= 4 is 11.6 Å². The van der Waals surface area contributed by atoms with E-state index in [9.17, 15) is 9.18 Å². The number of hydrogen-bond donors (Lipinski definition) is 1. The molecule has 0 saturated carbocycles. The molecule has 0 radical (unpaired) electrons. The van der Waals surface area contributed by atoms with E-state index in [1.165, 1.54) is 18.3 Å². The summed E-state index contributed by atoms with van der Waals surface area (Å²) in [5, 5.41) is 2.82. The minimum absolute atomic E-state index is 0.262. The van der Waals surface area contributed by atoms with Gasteiger partial charge in [0.05, 0.1) is 11.3 Å². The molecular weight excluding hydrogens is 305 g/mol. The lowest BCUT2D eigenvalue weighted by molar-refractivity contribution is 0.102. The first kappa shape index (κ1) is 15.8. The second kappa shape index (κ2) is 6.58. The van der Waals surface area contributed by atoms with Crippen LogP contribution >= 0.6 is 0 Å². The van der Waals surface area contributed by atoms with Crippen molar-refractivity contribution in [2.45, 2.75) is 13.8 Å². The Kier molecular flexibility index (Phi) is 4.33. The number of anilines is 1. The van der Waals surface area contributed by atoms with Crippen LogP contribution in [0.4, 0.5) is 10.1 Å². The van der Waals surface area contributed by atoms with E-state index in [4.69, 9.17) is 0 Å². The average molecular weight is 321 g/mol. The van der Waals surface area contributed by atoms with Crippen molar-refractivity contribution in [3.8, 4) is 11.4 Å². The zero-order valence-electron chi connectivity index (χ0n) is 13.4. The zero-order chi connectivity index (χ0) is 17.1. The number of nitrogens with zero attached hydrogens (tertiary/aromatic N) is 2. The van der Waals surface area contributed by atoms with Gasteiger partial charge in [0.15, 0.2) is 5.82 Å². The molecule has 0 aliphatic heterocycles. The Labute approximate surface area is 139 Å². The van der Waals surface area contributed by atoms with E-state index < -0.39 is 0 Å². The number of benzene rings is 2. The third-order valence-electron chi connectivity index (χ3n) is 3.64. The molecule has 0 unspecified atom stereocenters. The van der Waals surface area contributed by atoms with Crippen LogP contribution in [0.15, 0.2) is 54.7 Å². The molecule has 24 heavy (non-hydrogen) atoms. The minimum Gasteiger partial charge on any atom is -0.322 e. The largest absolute Gasteiger partial charge is 0.322 e. The van der Waals surface area contributed by atoms with Crippen LogP contribution in [-0.4, -0.2) is 15.9 Å². The van der Waals surface area contributed by atoms with Gasteiger partial charge in [-0.25, -0.2) is 14.4 Å². The average Bonchev–Trinajstić information content (AvgIpc) is 2.57. The summed E-state index contributed by atoms with van der Waals surface area (Å²) < 4.78 is 13.0. The van der Waals surface area contributed by atoms with Crippen molar-refractivity contribution in [3.63, 3.8) is 0 Å². The molecule has 0 fully saturated rings. The summed E-state index contributed by atoms with van der Waals surface area (Å²) in [6.45, 7) is 3.73. The maximum absolute atomic E-state index is 13.0. The van der Waals surface area contributed by atoms with Gasteiger partial charge in [-0.15, -0.1) is 0 Å². The summed E-state index contributed by atoms with van der Waals surface area (Å²) in [7, 11) is 0. The SMILES string of the molecule is Cc1ccc(NC(=O)c2cnc(-c3ccc(F)cc3)nc2C)cc1. The Bertz CT molecular complexity index is 874. The molecule has 0 saturated heterocycles. The van der Waals surface area contributed by atoms with Gasteiger partial charge < -0.3 is 5.32 Å². The van der Waals surface area contributed by atoms with Gasteiger partial charge in [-0.05, 0) is 50.2 Å². The molecule has 1 heterocycles. The van der Waals surface area contributed by atoms with Gasteiger partial charge in [0.2, 0.25) is 0 Å². The fourth-order valence-electron chi connectivity index (χ4n) is 2.26. The standard InChI is InChI=1S/C19H16FN3O/c1-12-3-9-16(10-4-12)23-19(24)17-11-21-18(22-13(17)2)14-5-7-15(20)8-6-14/h3-11H,1-2H3,(H,23,24). The summed E-state index contributed by atoms with van der Waals surface area (Å²) in [6.07, 6.45) is 1.49. The molecule has 3 rings (SSSR count). The van der Waals surface area contributed by atoms with Crippen molar-refractivity contribution in [1.82, 2.24) is 9.97 Å². The van der Waals surface area contributed by atoms with E-state index in [0.29, 0.717) is 28.3 Å². The normalized spacial score (nSPS) is 10.5. The van der Waals surface area contributed by atoms with E-state index in [0.717, 1.165) is 5.56 Å². The molecule has 0 aliphatic carbocycles. The molecule has 1 aromatic heterocycles. The van der Waals surface area contributed by atoms with Crippen molar-refractivity contribution in [2.24, 2.45) is 0 Å². The van der Waals surface area contributed by atoms with Crippen molar-refractivity contribution in [2.75, 3.05) is 5.32 Å². The number of carbonyl (C=O) groups excluding carboxylic acids is 1. The van der Waals surface area contributed by atoms with Gasteiger partial charge >= 0.3 is 0 Å². The Hall–Kier alpha value is -3.08. The van der Waals surface area contributed by atoms with Crippen LogP contribution in [0.2, 0.25) is 0 Å². The monoisotopic (exact) mass is 321 g/mol. The number of aromatic nitrogens is 2. The number of nitrogens with one attached hydrogen (secondary N) is 1. The predicted molar refractivity (Wildman–Crippen MR) is 91.3 cm³/mol. The number of amides is 1. The highest BCUT2D eigenvalue weighted by molar-refractivity contribution is 6.04. The first-order valence-electron chi connectivity index (χ1n) is 7.50. The number of aryl methyl sites for hydroxylation is 2. The highest BCUT2D eigenvalue weighted by Gasteiger charge is 2.13. The van der Waals surface area contributed by atoms with Gasteiger partial charge in [-0.1, -0.05) is 17.7 Å². The van der Waals surface area contributed by atoms with Crippen molar-refractivity contribution < 1.29 is 9.18 Å². The van der Waals surface area contributed by atoms with Crippen LogP contribution in [0.1, 0.15) is 21.6 Å². The van der Waals surface area contributed by atoms with E-state index in [1.807, 2.05) is 31.2 Å². The lowest BCUT2D eigenvalue weighted by atomic mass is 10.1. The first-order chi connectivity index (χ1) is 11.5. The van der Waals surface area contributed by atoms with Crippen LogP contribution in [0.3, 0.4) is 0 Å². The lowest BCUT2D eigenvalue weighted by Crippen LogP contribution is -2.15. The molecule has 120 valence electrons. The summed E-state index contributed by atoms with van der Waals surface area (Å²) in [5.41, 5.74) is 3.50. The fourth-order valence-corrected chi connectivity index (χ4v) is 2.26. The summed E-state index contributed by atoms with van der Waals surface area (Å²) in [4.78, 5) is 20.9. The third-order valence-corrected chi connectivity index (χ3v) is 3.64. The summed E-state index contributed by atoms with van der Waals surface area (Å²) >= 11 is 0. The van der Waals surface area contributed by atoms with Gasteiger partial charge in [0.1, 0.15) is 5.82 Å². The Balaban J connectivity index is 1.82. The number of carbonyl (C=O) groups is 1. The van der Waals surface area contributed by atoms with Crippen LogP contribution < -0.4 is 5.32 Å². The van der Waals surface area contributed by atoms with Crippen LogP contribution in [-0.2, 0) is 0 Å². The fraction of sp³-hybridized carbons (Fsp3) is 0.105. The Morgan fingerprint density at radius 3 is 2.29 bits per heavy atom. The zero-order valence-corrected chi connectivity index (χ0v) is 13.4. The lowest BCUT2D eigenvalue weighted by Gasteiger charge is -2.08. The highest BCUT2D eigenvalue weighted by atomic mass is 19.1. The number of hydrogen-bond acceptors (Lipinski definition) is 3. The molecule has 2 aromatic carbocycles. The number of rotatable bonds is 3. The van der Waals surface area contributed by atoms with Crippen molar-refractivity contribution in [3.05, 3.63) is 77.4 Å². The summed E-state index contributed by atoms with van der Waals surface area (Å²) in [5.74, 6) is -0.119. The van der Waals surface area contributed by atoms with Gasteiger partial charge in [0, 0.05) is 17.4 Å². The Morgan fingerprint density at radius 1 is 1.00 bits per heavy atom. The molecule has 5 heteroatoms. The molecule has 0 aliphatic rings. The maximum atomic E-state index is 13.0. The van der Waals surface area contributed by atoms with Crippen LogP contribution in [0.5, 0.6) is 0 Å². The predicted octanol–water partition coefficient (Wildman–Crippen LogP) is 4.15. The second-order valence-corrected chi connectivity index (χ2v) is 5.52. The van der Waals surface area contributed by atoms with E-state index in [2.05, 4.69) is 15.3 Å². The topological polar surface area (TPSA) is 54.9 Å². The molecular formula is C19H16FN3O. The van der Waals surface area contributed by atoms with Gasteiger partial charge in [-0.2, -0.15) is 0 Å². The first-order valence-corrected chi connectivity index (χ1v) is 7.50.